The molecular weight excluding hydrogens is 548 g/mol. The second kappa shape index (κ2) is 19.9. The van der Waals surface area contributed by atoms with Crippen molar-refractivity contribution >= 4 is 23.6 Å². The van der Waals surface area contributed by atoms with Crippen molar-refractivity contribution in [3.8, 4) is 11.5 Å². The highest BCUT2D eigenvalue weighted by atomic mass is 16.5. The van der Waals surface area contributed by atoms with Crippen LogP contribution in [0, 0.1) is 0 Å². The van der Waals surface area contributed by atoms with E-state index in [4.69, 9.17) is 9.47 Å². The maximum Gasteiger partial charge on any atom is 0.276 e. The molecule has 0 aromatic heterocycles. The fraction of sp³-hybridized carbons (Fsp3) is 0.515. The summed E-state index contributed by atoms with van der Waals surface area (Å²) in [7, 11) is 0. The third-order valence-corrected chi connectivity index (χ3v) is 7.33. The lowest BCUT2D eigenvalue weighted by Gasteiger charge is -2.15. The highest BCUT2D eigenvalue weighted by Crippen LogP contribution is 2.29. The number of rotatable bonds is 18. The number of amides is 4. The van der Waals surface area contributed by atoms with Crippen LogP contribution in [0.5, 0.6) is 11.5 Å². The van der Waals surface area contributed by atoms with E-state index in [2.05, 4.69) is 49.4 Å². The van der Waals surface area contributed by atoms with Crippen LogP contribution in [0.1, 0.15) is 108 Å². The zero-order valence-electron chi connectivity index (χ0n) is 26.0. The number of nitrogens with one attached hydrogen (secondary N) is 4. The SMILES string of the molecule is CCC(C)c1ccccc1OCC(=O)NNC(=O)CCCCCCCC(=O)NNC(=O)COc1ccccc1C(C)CC. The second-order valence-electron chi connectivity index (χ2n) is 10.7. The fourth-order valence-electron chi connectivity index (χ4n) is 4.34. The van der Waals surface area contributed by atoms with Crippen molar-refractivity contribution in [3.05, 3.63) is 59.7 Å². The van der Waals surface area contributed by atoms with Crippen LogP contribution in [0.15, 0.2) is 48.5 Å². The van der Waals surface area contributed by atoms with E-state index in [0.717, 1.165) is 43.2 Å². The first-order valence-electron chi connectivity index (χ1n) is 15.3. The van der Waals surface area contributed by atoms with E-state index in [0.29, 0.717) is 36.2 Å². The molecule has 4 N–H and O–H groups in total. The molecule has 10 nitrogen and oxygen atoms in total. The summed E-state index contributed by atoms with van der Waals surface area (Å²) in [6, 6.07) is 15.3. The Kier molecular flexibility index (Phi) is 16.3. The van der Waals surface area contributed by atoms with Crippen LogP contribution in [0.25, 0.3) is 0 Å². The lowest BCUT2D eigenvalue weighted by atomic mass is 9.98. The highest BCUT2D eigenvalue weighted by molar-refractivity contribution is 5.83. The van der Waals surface area contributed by atoms with Gasteiger partial charge in [-0.15, -0.1) is 0 Å². The number of hydrazine groups is 2. The molecule has 2 unspecified atom stereocenters. The minimum atomic E-state index is -0.429. The van der Waals surface area contributed by atoms with Gasteiger partial charge < -0.3 is 9.47 Å². The first kappa shape index (κ1) is 35.1. The Hall–Kier alpha value is -4.08. The summed E-state index contributed by atoms with van der Waals surface area (Å²) < 4.78 is 11.3. The Labute approximate surface area is 255 Å². The monoisotopic (exact) mass is 596 g/mol. The van der Waals surface area contributed by atoms with E-state index in [1.165, 1.54) is 0 Å². The highest BCUT2D eigenvalue weighted by Gasteiger charge is 2.13. The first-order chi connectivity index (χ1) is 20.7. The molecule has 0 spiro atoms. The van der Waals surface area contributed by atoms with Crippen molar-refractivity contribution in [3.63, 3.8) is 0 Å². The van der Waals surface area contributed by atoms with Crippen LogP contribution >= 0.6 is 0 Å². The van der Waals surface area contributed by atoms with E-state index < -0.39 is 11.8 Å². The van der Waals surface area contributed by atoms with Gasteiger partial charge in [-0.25, -0.2) is 0 Å². The summed E-state index contributed by atoms with van der Waals surface area (Å²) in [4.78, 5) is 48.2. The van der Waals surface area contributed by atoms with Gasteiger partial charge in [0.05, 0.1) is 0 Å². The smallest absolute Gasteiger partial charge is 0.276 e. The van der Waals surface area contributed by atoms with Gasteiger partial charge in [0.1, 0.15) is 11.5 Å². The molecule has 2 aromatic rings. The van der Waals surface area contributed by atoms with Crippen LogP contribution in [0.2, 0.25) is 0 Å². The molecule has 0 bridgehead atoms. The molecule has 236 valence electrons. The average molecular weight is 597 g/mol. The van der Waals surface area contributed by atoms with Gasteiger partial charge in [-0.1, -0.05) is 83.4 Å². The standard InChI is InChI=1S/C33H48N4O6/c1-5-24(3)26-16-12-14-18-28(26)42-22-32(40)36-34-30(38)20-10-8-7-9-11-21-31(39)35-37-33(41)23-43-29-19-15-13-17-27(29)25(4)6-2/h12-19,24-25H,5-11,20-23H2,1-4H3,(H,34,38)(H,35,39)(H,36,40)(H,37,41). The molecule has 2 atom stereocenters. The van der Waals surface area contributed by atoms with Crippen molar-refractivity contribution in [2.45, 2.75) is 97.3 Å². The summed E-state index contributed by atoms with van der Waals surface area (Å²) >= 11 is 0. The predicted octanol–water partition coefficient (Wildman–Crippen LogP) is 5.20. The summed E-state index contributed by atoms with van der Waals surface area (Å²) in [5.74, 6) is 0.583. The topological polar surface area (TPSA) is 135 Å². The second-order valence-corrected chi connectivity index (χ2v) is 10.7. The predicted molar refractivity (Wildman–Crippen MR) is 166 cm³/mol. The quantitative estimate of drug-likeness (QED) is 0.138. The summed E-state index contributed by atoms with van der Waals surface area (Å²) in [5, 5.41) is 0. The molecule has 0 heterocycles. The minimum Gasteiger partial charge on any atom is -0.483 e. The Morgan fingerprint density at radius 1 is 0.558 bits per heavy atom. The molecule has 2 rings (SSSR count). The van der Waals surface area contributed by atoms with Gasteiger partial charge in [-0.3, -0.25) is 40.9 Å². The molecule has 0 saturated carbocycles. The number of hydrogen-bond acceptors (Lipinski definition) is 6. The Bertz CT molecular complexity index is 1080. The summed E-state index contributed by atoms with van der Waals surface area (Å²) in [5.41, 5.74) is 11.7. The zero-order chi connectivity index (χ0) is 31.5. The number of benzene rings is 2. The number of carbonyl (C=O) groups is 4. The maximum atomic E-state index is 12.1. The van der Waals surface area contributed by atoms with Crippen molar-refractivity contribution in [2.24, 2.45) is 0 Å². The van der Waals surface area contributed by atoms with Crippen molar-refractivity contribution < 1.29 is 28.7 Å². The van der Waals surface area contributed by atoms with Crippen LogP contribution < -0.4 is 31.2 Å². The lowest BCUT2D eigenvalue weighted by Crippen LogP contribution is -2.43. The van der Waals surface area contributed by atoms with E-state index in [-0.39, 0.29) is 37.9 Å². The third kappa shape index (κ3) is 13.6. The van der Waals surface area contributed by atoms with Crippen LogP contribution in [0.4, 0.5) is 0 Å². The molecule has 0 saturated heterocycles. The largest absolute Gasteiger partial charge is 0.483 e. The van der Waals surface area contributed by atoms with Crippen LogP contribution in [-0.2, 0) is 19.2 Å². The first-order valence-corrected chi connectivity index (χ1v) is 15.3. The van der Waals surface area contributed by atoms with E-state index in [9.17, 15) is 19.2 Å². The van der Waals surface area contributed by atoms with Gasteiger partial charge in [0.15, 0.2) is 13.2 Å². The number of hydrogen-bond donors (Lipinski definition) is 4. The van der Waals surface area contributed by atoms with Gasteiger partial charge in [-0.05, 0) is 60.8 Å². The van der Waals surface area contributed by atoms with E-state index in [1.807, 2.05) is 48.5 Å². The number of carbonyl (C=O) groups excluding carboxylic acids is 4. The van der Waals surface area contributed by atoms with Gasteiger partial charge >= 0.3 is 0 Å². The molecule has 0 fully saturated rings. The Morgan fingerprint density at radius 2 is 0.907 bits per heavy atom. The normalized spacial score (nSPS) is 12.0. The summed E-state index contributed by atoms with van der Waals surface area (Å²) in [6.45, 7) is 8.03. The molecule has 0 aliphatic rings. The van der Waals surface area contributed by atoms with E-state index in [1.54, 1.807) is 0 Å². The van der Waals surface area contributed by atoms with Gasteiger partial charge in [-0.2, -0.15) is 0 Å². The van der Waals surface area contributed by atoms with Crippen LogP contribution in [-0.4, -0.2) is 36.8 Å². The molecule has 2 aromatic carbocycles. The fourth-order valence-corrected chi connectivity index (χ4v) is 4.34. The third-order valence-electron chi connectivity index (χ3n) is 7.33. The summed E-state index contributed by atoms with van der Waals surface area (Å²) in [6.07, 6.45) is 6.35. The van der Waals surface area contributed by atoms with Crippen molar-refractivity contribution in [1.29, 1.82) is 0 Å². The molecule has 0 radical (unpaired) electrons. The van der Waals surface area contributed by atoms with Crippen molar-refractivity contribution in [1.82, 2.24) is 21.7 Å². The molecular formula is C33H48N4O6. The van der Waals surface area contributed by atoms with Crippen LogP contribution in [0.3, 0.4) is 0 Å². The number of unbranched alkanes of at least 4 members (excludes halogenated alkanes) is 4. The average Bonchev–Trinajstić information content (AvgIpc) is 3.03. The minimum absolute atomic E-state index is 0.189. The lowest BCUT2D eigenvalue weighted by molar-refractivity contribution is -0.130. The molecule has 43 heavy (non-hydrogen) atoms. The number of ether oxygens (including phenoxy) is 2. The van der Waals surface area contributed by atoms with Gasteiger partial charge in [0.2, 0.25) is 11.8 Å². The maximum absolute atomic E-state index is 12.1. The molecule has 10 heteroatoms. The molecule has 4 amide bonds. The van der Waals surface area contributed by atoms with Crippen molar-refractivity contribution in [2.75, 3.05) is 13.2 Å². The number of para-hydroxylation sites is 2. The molecule has 0 aliphatic heterocycles. The Balaban J connectivity index is 1.49. The Morgan fingerprint density at radius 3 is 1.30 bits per heavy atom. The van der Waals surface area contributed by atoms with E-state index >= 15 is 0 Å². The molecule has 0 aliphatic carbocycles. The van der Waals surface area contributed by atoms with Gasteiger partial charge in [0, 0.05) is 12.8 Å². The zero-order valence-corrected chi connectivity index (χ0v) is 26.0. The van der Waals surface area contributed by atoms with Gasteiger partial charge in [0.25, 0.3) is 11.8 Å².